The smallest absolute Gasteiger partial charge is 0.383 e. The van der Waals surface area contributed by atoms with Crippen molar-refractivity contribution in [3.8, 4) is 0 Å². The quantitative estimate of drug-likeness (QED) is 0.574. The van der Waals surface area contributed by atoms with Gasteiger partial charge in [-0.1, -0.05) is 12.1 Å². The molecule has 0 saturated carbocycles. The fourth-order valence-electron chi connectivity index (χ4n) is 1.99. The maximum atomic E-state index is 13.3. The largest absolute Gasteiger partial charge is 0.492 e. The van der Waals surface area contributed by atoms with E-state index in [1.54, 1.807) is 0 Å². The van der Waals surface area contributed by atoms with E-state index in [0.717, 1.165) is 12.1 Å². The molecule has 148 valence electrons. The summed E-state index contributed by atoms with van der Waals surface area (Å²) in [4.78, 5) is 15.1. The van der Waals surface area contributed by atoms with Gasteiger partial charge in [0, 0.05) is 13.2 Å². The number of hydrogen-bond acceptors (Lipinski definition) is 5. The number of nitrogens with zero attached hydrogens (tertiary/aromatic N) is 1. The Morgan fingerprint density at radius 2 is 1.85 bits per heavy atom. The van der Waals surface area contributed by atoms with E-state index in [9.17, 15) is 31.1 Å². The molecule has 0 saturated heterocycles. The van der Waals surface area contributed by atoms with Crippen LogP contribution in [0.25, 0.3) is 0 Å². The molecule has 0 aliphatic rings. The van der Waals surface area contributed by atoms with Crippen molar-refractivity contribution in [2.45, 2.75) is 31.9 Å². The highest BCUT2D eigenvalue weighted by atomic mass is 19.4. The highest BCUT2D eigenvalue weighted by Gasteiger charge is 2.43. The summed E-state index contributed by atoms with van der Waals surface area (Å²) in [7, 11) is 1.24. The van der Waals surface area contributed by atoms with E-state index < -0.39 is 36.5 Å². The predicted octanol–water partition coefficient (Wildman–Crippen LogP) is 3.19. The summed E-state index contributed by atoms with van der Waals surface area (Å²) in [6.07, 6.45) is -10.0. The number of ether oxygens (including phenoxy) is 1. The molecule has 1 aromatic carbocycles. The Balaban J connectivity index is 3.14. The van der Waals surface area contributed by atoms with E-state index in [-0.39, 0.29) is 24.3 Å². The number of halogens is 6. The number of hydroxylamine groups is 2. The van der Waals surface area contributed by atoms with Crippen LogP contribution in [-0.4, -0.2) is 37.5 Å². The number of methoxy groups -OCH3 is 1. The van der Waals surface area contributed by atoms with Gasteiger partial charge < -0.3 is 15.3 Å². The van der Waals surface area contributed by atoms with Gasteiger partial charge in [0.15, 0.2) is 0 Å². The monoisotopic (exact) mass is 388 g/mol. The van der Waals surface area contributed by atoms with Gasteiger partial charge >= 0.3 is 18.3 Å². The Morgan fingerprint density at radius 1 is 1.23 bits per heavy atom. The van der Waals surface area contributed by atoms with Crippen LogP contribution < -0.4 is 5.73 Å². The first-order chi connectivity index (χ1) is 11.9. The van der Waals surface area contributed by atoms with Crippen molar-refractivity contribution in [2.24, 2.45) is 5.73 Å². The molecular formula is C15H18F6N2O3. The van der Waals surface area contributed by atoms with Crippen LogP contribution in [0, 0.1) is 0 Å². The van der Waals surface area contributed by atoms with Crippen LogP contribution >= 0.6 is 0 Å². The van der Waals surface area contributed by atoms with E-state index in [1.165, 1.54) is 20.1 Å². The van der Waals surface area contributed by atoms with Crippen molar-refractivity contribution in [1.82, 2.24) is 5.06 Å². The lowest BCUT2D eigenvalue weighted by Gasteiger charge is -2.24. The zero-order chi connectivity index (χ0) is 20.1. The van der Waals surface area contributed by atoms with Crippen LogP contribution in [-0.2, 0) is 27.1 Å². The minimum Gasteiger partial charge on any atom is -0.383 e. The first kappa shape index (κ1) is 22.2. The van der Waals surface area contributed by atoms with Gasteiger partial charge in [-0.3, -0.25) is 0 Å². The van der Waals surface area contributed by atoms with Gasteiger partial charge in [0.25, 0.3) is 0 Å². The van der Waals surface area contributed by atoms with E-state index in [4.69, 9.17) is 5.73 Å². The molecule has 0 fully saturated rings. The molecule has 0 heterocycles. The molecule has 0 spiro atoms. The SMILES string of the molecule is COCCN(Cc1ccc(C(C)N)cc1C(F)(F)F)OC(=O)C(F)(F)F. The van der Waals surface area contributed by atoms with Gasteiger partial charge in [-0.25, -0.2) is 4.79 Å². The first-order valence-electron chi connectivity index (χ1n) is 7.35. The zero-order valence-electron chi connectivity index (χ0n) is 13.9. The van der Waals surface area contributed by atoms with Crippen LogP contribution in [0.1, 0.15) is 29.7 Å². The molecule has 0 amide bonds. The molecule has 0 aliphatic heterocycles. The summed E-state index contributed by atoms with van der Waals surface area (Å²) in [5, 5.41) is 0.468. The number of rotatable bonds is 7. The standard InChI is InChI=1S/C15H18F6N2O3/c1-9(22)10-3-4-11(12(7-10)14(16,17)18)8-23(5-6-25-2)26-13(24)15(19,20)21/h3-4,7,9H,5-6,8,22H2,1-2H3. The molecule has 1 unspecified atom stereocenters. The fourth-order valence-corrected chi connectivity index (χ4v) is 1.99. The number of alkyl halides is 6. The molecule has 0 aromatic heterocycles. The number of nitrogens with two attached hydrogens (primary N) is 1. The van der Waals surface area contributed by atoms with Crippen molar-refractivity contribution < 1.29 is 40.7 Å². The molecule has 1 aromatic rings. The average molecular weight is 388 g/mol. The van der Waals surface area contributed by atoms with Gasteiger partial charge in [-0.15, -0.1) is 5.06 Å². The minimum atomic E-state index is -5.28. The second kappa shape index (κ2) is 8.69. The second-order valence-electron chi connectivity index (χ2n) is 5.44. The van der Waals surface area contributed by atoms with Gasteiger partial charge in [0.1, 0.15) is 0 Å². The van der Waals surface area contributed by atoms with E-state index in [2.05, 4.69) is 9.57 Å². The average Bonchev–Trinajstić information content (AvgIpc) is 2.50. The van der Waals surface area contributed by atoms with E-state index in [0.29, 0.717) is 5.06 Å². The Hall–Kier alpha value is -1.85. The third kappa shape index (κ3) is 6.46. The van der Waals surface area contributed by atoms with Gasteiger partial charge in [-0.05, 0) is 24.1 Å². The summed E-state index contributed by atoms with van der Waals surface area (Å²) < 4.78 is 81.6. The van der Waals surface area contributed by atoms with Gasteiger partial charge in [0.2, 0.25) is 0 Å². The van der Waals surface area contributed by atoms with Crippen LogP contribution in [0.15, 0.2) is 18.2 Å². The van der Waals surface area contributed by atoms with Crippen molar-refractivity contribution in [2.75, 3.05) is 20.3 Å². The molecule has 0 bridgehead atoms. The minimum absolute atomic E-state index is 0.162. The fraction of sp³-hybridized carbons (Fsp3) is 0.533. The Labute approximate surface area is 145 Å². The Kier molecular flexibility index (Phi) is 7.42. The maximum absolute atomic E-state index is 13.3. The van der Waals surface area contributed by atoms with Crippen LogP contribution in [0.3, 0.4) is 0 Å². The van der Waals surface area contributed by atoms with Crippen molar-refractivity contribution >= 4 is 5.97 Å². The summed E-state index contributed by atoms with van der Waals surface area (Å²) in [6.45, 7) is 0.263. The molecular weight excluding hydrogens is 370 g/mol. The third-order valence-electron chi connectivity index (χ3n) is 3.30. The third-order valence-corrected chi connectivity index (χ3v) is 3.30. The van der Waals surface area contributed by atoms with Crippen LogP contribution in [0.2, 0.25) is 0 Å². The summed E-state index contributed by atoms with van der Waals surface area (Å²) in [5.41, 5.74) is 4.33. The van der Waals surface area contributed by atoms with Gasteiger partial charge in [0.05, 0.1) is 25.3 Å². The predicted molar refractivity (Wildman–Crippen MR) is 78.5 cm³/mol. The molecule has 0 radical (unpaired) electrons. The molecule has 2 N–H and O–H groups in total. The Bertz CT molecular complexity index is 616. The normalized spacial score (nSPS) is 13.8. The molecule has 0 aliphatic carbocycles. The molecule has 5 nitrogen and oxygen atoms in total. The van der Waals surface area contributed by atoms with Crippen LogP contribution in [0.4, 0.5) is 26.3 Å². The van der Waals surface area contributed by atoms with Crippen LogP contribution in [0.5, 0.6) is 0 Å². The summed E-state index contributed by atoms with van der Waals surface area (Å²) >= 11 is 0. The lowest BCUT2D eigenvalue weighted by Crippen LogP contribution is -2.36. The maximum Gasteiger partial charge on any atom is 0.492 e. The summed E-state index contributed by atoms with van der Waals surface area (Å²) in [6, 6.07) is 2.57. The summed E-state index contributed by atoms with van der Waals surface area (Å²) in [5.74, 6) is -2.53. The number of hydrogen-bond donors (Lipinski definition) is 1. The zero-order valence-corrected chi connectivity index (χ0v) is 13.9. The van der Waals surface area contributed by atoms with Gasteiger partial charge in [-0.2, -0.15) is 26.3 Å². The van der Waals surface area contributed by atoms with E-state index >= 15 is 0 Å². The molecule has 1 rings (SSSR count). The lowest BCUT2D eigenvalue weighted by atomic mass is 10.00. The molecule has 1 atom stereocenters. The Morgan fingerprint density at radius 3 is 2.31 bits per heavy atom. The van der Waals surface area contributed by atoms with Crippen molar-refractivity contribution in [1.29, 1.82) is 0 Å². The molecule has 11 heteroatoms. The van der Waals surface area contributed by atoms with Crippen molar-refractivity contribution in [3.05, 3.63) is 34.9 Å². The second-order valence-corrected chi connectivity index (χ2v) is 5.44. The highest BCUT2D eigenvalue weighted by molar-refractivity contribution is 5.75. The highest BCUT2D eigenvalue weighted by Crippen LogP contribution is 2.34. The number of benzene rings is 1. The van der Waals surface area contributed by atoms with Crippen molar-refractivity contribution in [3.63, 3.8) is 0 Å². The molecule has 26 heavy (non-hydrogen) atoms. The van der Waals surface area contributed by atoms with E-state index in [1.807, 2.05) is 0 Å². The first-order valence-corrected chi connectivity index (χ1v) is 7.35. The topological polar surface area (TPSA) is 64.8 Å². The number of carbonyl (C=O) groups excluding carboxylic acids is 1. The lowest BCUT2D eigenvalue weighted by molar-refractivity contribution is -0.242. The number of carbonyl (C=O) groups is 1.